The maximum atomic E-state index is 13.8. The highest BCUT2D eigenvalue weighted by Gasteiger charge is 2.19. The van der Waals surface area contributed by atoms with Gasteiger partial charge in [-0.2, -0.15) is 0 Å². The average Bonchev–Trinajstić information content (AvgIpc) is 2.57. The van der Waals surface area contributed by atoms with Gasteiger partial charge in [-0.25, -0.2) is 4.39 Å². The molecule has 0 aliphatic rings. The van der Waals surface area contributed by atoms with Gasteiger partial charge >= 0.3 is 0 Å². The molecule has 7 heteroatoms. The summed E-state index contributed by atoms with van der Waals surface area (Å²) in [5, 5.41) is 3.64. The third-order valence-electron chi connectivity index (χ3n) is 3.88. The van der Waals surface area contributed by atoms with E-state index >= 15 is 0 Å². The van der Waals surface area contributed by atoms with E-state index in [2.05, 4.69) is 5.32 Å². The van der Waals surface area contributed by atoms with Crippen molar-refractivity contribution in [1.29, 1.82) is 0 Å². The highest BCUT2D eigenvalue weighted by molar-refractivity contribution is 6.35. The van der Waals surface area contributed by atoms with Crippen LogP contribution < -0.4 is 10.1 Å². The molecule has 1 amide bonds. The van der Waals surface area contributed by atoms with Crippen LogP contribution >= 0.6 is 23.2 Å². The van der Waals surface area contributed by atoms with E-state index < -0.39 is 11.9 Å². The minimum atomic E-state index is -0.458. The minimum absolute atomic E-state index is 0.188. The third-order valence-corrected chi connectivity index (χ3v) is 4.44. The summed E-state index contributed by atoms with van der Waals surface area (Å²) in [5.41, 5.74) is 1.19. The van der Waals surface area contributed by atoms with Crippen LogP contribution in [0.4, 0.5) is 10.1 Å². The van der Waals surface area contributed by atoms with Gasteiger partial charge in [0.1, 0.15) is 0 Å². The van der Waals surface area contributed by atoms with Crippen molar-refractivity contribution < 1.29 is 13.9 Å². The predicted octanol–water partition coefficient (Wildman–Crippen LogP) is 4.60. The van der Waals surface area contributed by atoms with E-state index in [1.54, 1.807) is 49.2 Å². The Hall–Kier alpha value is -1.82. The molecule has 134 valence electrons. The quantitative estimate of drug-likeness (QED) is 0.790. The molecule has 1 N–H and O–H groups in total. The molecular weight excluding hydrogens is 366 g/mol. The summed E-state index contributed by atoms with van der Waals surface area (Å²) >= 11 is 12.0. The number of anilines is 1. The zero-order valence-corrected chi connectivity index (χ0v) is 15.7. The molecule has 0 aromatic heterocycles. The van der Waals surface area contributed by atoms with E-state index in [1.807, 2.05) is 0 Å². The van der Waals surface area contributed by atoms with Gasteiger partial charge in [0.2, 0.25) is 5.91 Å². The Morgan fingerprint density at radius 1 is 1.28 bits per heavy atom. The first kappa shape index (κ1) is 19.5. The molecule has 2 aromatic rings. The molecule has 0 saturated carbocycles. The number of amides is 1. The Kier molecular flexibility index (Phi) is 6.64. The van der Waals surface area contributed by atoms with Crippen LogP contribution in [0.3, 0.4) is 0 Å². The number of carbonyl (C=O) groups is 1. The summed E-state index contributed by atoms with van der Waals surface area (Å²) in [6, 6.07) is 9.12. The summed E-state index contributed by atoms with van der Waals surface area (Å²) in [7, 11) is 3.20. The second kappa shape index (κ2) is 8.52. The lowest BCUT2D eigenvalue weighted by molar-refractivity contribution is -0.120. The molecule has 0 aliphatic heterocycles. The Morgan fingerprint density at radius 3 is 2.64 bits per heavy atom. The van der Waals surface area contributed by atoms with Gasteiger partial charge in [0.25, 0.3) is 0 Å². The van der Waals surface area contributed by atoms with E-state index in [-0.39, 0.29) is 11.7 Å². The number of nitrogens with zero attached hydrogens (tertiary/aromatic N) is 1. The number of methoxy groups -OCH3 is 1. The lowest BCUT2D eigenvalue weighted by Gasteiger charge is -2.24. The number of halogens is 3. The van der Waals surface area contributed by atoms with Crippen molar-refractivity contribution in [3.8, 4) is 5.75 Å². The second-order valence-corrected chi connectivity index (χ2v) is 6.52. The van der Waals surface area contributed by atoms with Gasteiger partial charge in [0.05, 0.1) is 23.9 Å². The van der Waals surface area contributed by atoms with Crippen molar-refractivity contribution in [2.75, 3.05) is 19.5 Å². The van der Waals surface area contributed by atoms with Gasteiger partial charge in [0.15, 0.2) is 11.6 Å². The minimum Gasteiger partial charge on any atom is -0.494 e. The molecule has 0 saturated heterocycles. The smallest absolute Gasteiger partial charge is 0.241 e. The molecule has 2 aromatic carbocycles. The fourth-order valence-corrected chi connectivity index (χ4v) is 2.60. The third kappa shape index (κ3) is 5.08. The van der Waals surface area contributed by atoms with E-state index in [9.17, 15) is 9.18 Å². The lowest BCUT2D eigenvalue weighted by atomic mass is 10.1. The summed E-state index contributed by atoms with van der Waals surface area (Å²) in [4.78, 5) is 14.2. The van der Waals surface area contributed by atoms with Crippen molar-refractivity contribution in [3.63, 3.8) is 0 Å². The highest BCUT2D eigenvalue weighted by atomic mass is 35.5. The Morgan fingerprint density at radius 2 is 2.00 bits per heavy atom. The largest absolute Gasteiger partial charge is 0.494 e. The van der Waals surface area contributed by atoms with Gasteiger partial charge in [-0.1, -0.05) is 29.3 Å². The molecule has 0 heterocycles. The standard InChI is InChI=1S/C18H19Cl2FN2O2/c1-11(18(24)22-16-9-13(19)5-6-14(16)20)23(2)10-12-4-7-17(25-3)15(21)8-12/h4-9,11H,10H2,1-3H3,(H,22,24)/t11-/m1/s1. The van der Waals surface area contributed by atoms with E-state index in [1.165, 1.54) is 13.2 Å². The van der Waals surface area contributed by atoms with Crippen molar-refractivity contribution in [1.82, 2.24) is 4.90 Å². The van der Waals surface area contributed by atoms with Crippen LogP contribution in [0.15, 0.2) is 36.4 Å². The number of benzene rings is 2. The SMILES string of the molecule is COc1ccc(CN(C)[C@H](C)C(=O)Nc2cc(Cl)ccc2Cl)cc1F. The molecule has 4 nitrogen and oxygen atoms in total. The van der Waals surface area contributed by atoms with Crippen molar-refractivity contribution in [2.24, 2.45) is 0 Å². The first-order valence-electron chi connectivity index (χ1n) is 7.60. The zero-order chi connectivity index (χ0) is 18.6. The van der Waals surface area contributed by atoms with Crippen molar-refractivity contribution in [2.45, 2.75) is 19.5 Å². The molecule has 0 unspecified atom stereocenters. The van der Waals surface area contributed by atoms with E-state index in [0.29, 0.717) is 22.3 Å². The van der Waals surface area contributed by atoms with Crippen molar-refractivity contribution in [3.05, 3.63) is 57.8 Å². The molecule has 1 atom stereocenters. The maximum Gasteiger partial charge on any atom is 0.241 e. The van der Waals surface area contributed by atoms with Crippen LogP contribution in [0.1, 0.15) is 12.5 Å². The number of likely N-dealkylation sites (N-methyl/N-ethyl adjacent to an activating group) is 1. The molecule has 2 rings (SSSR count). The Balaban J connectivity index is 2.03. The topological polar surface area (TPSA) is 41.6 Å². The van der Waals surface area contributed by atoms with Gasteiger partial charge in [-0.3, -0.25) is 9.69 Å². The number of hydrogen-bond acceptors (Lipinski definition) is 3. The number of hydrogen-bond donors (Lipinski definition) is 1. The number of rotatable bonds is 6. The first-order valence-corrected chi connectivity index (χ1v) is 8.36. The second-order valence-electron chi connectivity index (χ2n) is 5.67. The van der Waals surface area contributed by atoms with Crippen LogP contribution in [0.25, 0.3) is 0 Å². The fraction of sp³-hybridized carbons (Fsp3) is 0.278. The molecule has 0 spiro atoms. The molecule has 0 fully saturated rings. The van der Waals surface area contributed by atoms with Gasteiger partial charge < -0.3 is 10.1 Å². The zero-order valence-electron chi connectivity index (χ0n) is 14.1. The van der Waals surface area contributed by atoms with Crippen LogP contribution in [-0.4, -0.2) is 31.0 Å². The number of ether oxygens (including phenoxy) is 1. The highest BCUT2D eigenvalue weighted by Crippen LogP contribution is 2.26. The predicted molar refractivity (Wildman–Crippen MR) is 99.0 cm³/mol. The number of carbonyl (C=O) groups excluding carboxylic acids is 1. The summed E-state index contributed by atoms with van der Waals surface area (Å²) in [5.74, 6) is -0.482. The maximum absolute atomic E-state index is 13.8. The molecular formula is C18H19Cl2FN2O2. The number of nitrogens with one attached hydrogen (secondary N) is 1. The van der Waals surface area contributed by atoms with Crippen LogP contribution in [0.2, 0.25) is 10.0 Å². The van der Waals surface area contributed by atoms with Crippen LogP contribution in [0.5, 0.6) is 5.75 Å². The molecule has 25 heavy (non-hydrogen) atoms. The molecule has 0 radical (unpaired) electrons. The molecule has 0 bridgehead atoms. The van der Waals surface area contributed by atoms with Crippen LogP contribution in [0, 0.1) is 5.82 Å². The summed E-state index contributed by atoms with van der Waals surface area (Å²) in [6.45, 7) is 2.16. The summed E-state index contributed by atoms with van der Waals surface area (Å²) in [6.07, 6.45) is 0. The summed E-state index contributed by atoms with van der Waals surface area (Å²) < 4.78 is 18.7. The monoisotopic (exact) mass is 384 g/mol. The lowest BCUT2D eigenvalue weighted by Crippen LogP contribution is -2.39. The Labute approximate surface area is 156 Å². The van der Waals surface area contributed by atoms with Gasteiger partial charge in [-0.05, 0) is 49.9 Å². The van der Waals surface area contributed by atoms with Crippen molar-refractivity contribution >= 4 is 34.8 Å². The first-order chi connectivity index (χ1) is 11.8. The van der Waals surface area contributed by atoms with Gasteiger partial charge in [-0.15, -0.1) is 0 Å². The average molecular weight is 385 g/mol. The van der Waals surface area contributed by atoms with Gasteiger partial charge in [0, 0.05) is 11.6 Å². The normalized spacial score (nSPS) is 12.1. The fourth-order valence-electron chi connectivity index (χ4n) is 2.26. The van der Waals surface area contributed by atoms with E-state index in [4.69, 9.17) is 27.9 Å². The van der Waals surface area contributed by atoms with Crippen LogP contribution in [-0.2, 0) is 11.3 Å². The molecule has 0 aliphatic carbocycles. The van der Waals surface area contributed by atoms with E-state index in [0.717, 1.165) is 5.56 Å². The Bertz CT molecular complexity index is 771.